The summed E-state index contributed by atoms with van der Waals surface area (Å²) in [5.74, 6) is 0.179. The van der Waals surface area contributed by atoms with Gasteiger partial charge in [-0.15, -0.1) is 0 Å². The third kappa shape index (κ3) is 3.35. The number of piperidine rings is 1. The summed E-state index contributed by atoms with van der Waals surface area (Å²) in [7, 11) is -3.65. The number of nitrogens with two attached hydrogens (primary N) is 1. The lowest BCUT2D eigenvalue weighted by molar-refractivity contribution is 0.203. The molecule has 2 rings (SSSR count). The van der Waals surface area contributed by atoms with Gasteiger partial charge in [-0.3, -0.25) is 0 Å². The van der Waals surface area contributed by atoms with Crippen molar-refractivity contribution in [1.29, 1.82) is 5.26 Å². The number of nitrogens with zero attached hydrogens (tertiary/aromatic N) is 2. The molecule has 1 saturated heterocycles. The van der Waals surface area contributed by atoms with Gasteiger partial charge in [0.05, 0.1) is 17.3 Å². The van der Waals surface area contributed by atoms with Crippen molar-refractivity contribution in [1.82, 2.24) is 4.31 Å². The molecule has 1 aliphatic heterocycles. The normalized spacial score (nSPS) is 20.1. The van der Waals surface area contributed by atoms with E-state index in [0.717, 1.165) is 12.8 Å². The Balaban J connectivity index is 2.27. The van der Waals surface area contributed by atoms with Crippen molar-refractivity contribution in [2.45, 2.75) is 24.2 Å². The highest BCUT2D eigenvalue weighted by Crippen LogP contribution is 2.28. The van der Waals surface area contributed by atoms with E-state index in [9.17, 15) is 8.42 Å². The number of nitrogen functional groups attached to an aromatic ring is 1. The van der Waals surface area contributed by atoms with Crippen molar-refractivity contribution in [3.8, 4) is 6.07 Å². The lowest BCUT2D eigenvalue weighted by Gasteiger charge is -2.31. The molecule has 1 aromatic rings. The van der Waals surface area contributed by atoms with Gasteiger partial charge in [0, 0.05) is 19.7 Å². The zero-order valence-electron chi connectivity index (χ0n) is 11.7. The minimum Gasteiger partial charge on any atom is -0.398 e. The summed E-state index contributed by atoms with van der Waals surface area (Å²) in [5.41, 5.74) is 6.22. The van der Waals surface area contributed by atoms with Gasteiger partial charge in [0.1, 0.15) is 4.90 Å². The van der Waals surface area contributed by atoms with Crippen LogP contribution in [0.15, 0.2) is 23.1 Å². The summed E-state index contributed by atoms with van der Waals surface area (Å²) in [5, 5.41) is 17.8. The summed E-state index contributed by atoms with van der Waals surface area (Å²) < 4.78 is 26.7. The van der Waals surface area contributed by atoms with Gasteiger partial charge >= 0.3 is 0 Å². The summed E-state index contributed by atoms with van der Waals surface area (Å²) in [4.78, 5) is 0.0474. The fraction of sp³-hybridized carbons (Fsp3) is 0.500. The quantitative estimate of drug-likeness (QED) is 0.804. The van der Waals surface area contributed by atoms with E-state index >= 15 is 0 Å². The molecule has 1 aliphatic rings. The molecule has 3 N–H and O–H groups in total. The van der Waals surface area contributed by atoms with E-state index in [-0.39, 0.29) is 23.1 Å². The molecule has 1 heterocycles. The van der Waals surface area contributed by atoms with Crippen LogP contribution in [-0.2, 0) is 10.0 Å². The van der Waals surface area contributed by atoms with Gasteiger partial charge in [-0.05, 0) is 43.4 Å². The molecule has 0 bridgehead atoms. The van der Waals surface area contributed by atoms with Gasteiger partial charge in [0.2, 0.25) is 10.0 Å². The zero-order valence-corrected chi connectivity index (χ0v) is 12.5. The van der Waals surface area contributed by atoms with Crippen molar-refractivity contribution in [2.75, 3.05) is 25.4 Å². The van der Waals surface area contributed by atoms with E-state index in [4.69, 9.17) is 16.1 Å². The molecule has 0 saturated carbocycles. The van der Waals surface area contributed by atoms with Crippen LogP contribution in [0.5, 0.6) is 0 Å². The summed E-state index contributed by atoms with van der Waals surface area (Å²) in [6.07, 6.45) is 2.31. The SMILES string of the molecule is N#Cc1ccc(S(=O)(=O)N2CCCC(CCO)C2)c(N)c1. The van der Waals surface area contributed by atoms with Gasteiger partial charge in [-0.1, -0.05) is 0 Å². The molecule has 0 aliphatic carbocycles. The van der Waals surface area contributed by atoms with Crippen LogP contribution >= 0.6 is 0 Å². The molecule has 1 fully saturated rings. The number of benzene rings is 1. The first-order valence-corrected chi connectivity index (χ1v) is 8.33. The minimum atomic E-state index is -3.65. The van der Waals surface area contributed by atoms with Crippen molar-refractivity contribution >= 4 is 15.7 Å². The van der Waals surface area contributed by atoms with Crippen LogP contribution in [0.3, 0.4) is 0 Å². The Morgan fingerprint density at radius 3 is 2.86 bits per heavy atom. The average Bonchev–Trinajstić information content (AvgIpc) is 2.47. The minimum absolute atomic E-state index is 0.0474. The number of aliphatic hydroxyl groups excluding tert-OH is 1. The molecule has 7 heteroatoms. The van der Waals surface area contributed by atoms with Crippen molar-refractivity contribution < 1.29 is 13.5 Å². The third-order valence-electron chi connectivity index (χ3n) is 3.78. The monoisotopic (exact) mass is 309 g/mol. The summed E-state index contributed by atoms with van der Waals surface area (Å²) in [6, 6.07) is 6.16. The number of hydrogen-bond donors (Lipinski definition) is 2. The van der Waals surface area contributed by atoms with Gasteiger partial charge in [-0.2, -0.15) is 9.57 Å². The molecule has 0 aromatic heterocycles. The molecule has 0 amide bonds. The van der Waals surface area contributed by atoms with Crippen LogP contribution in [0.2, 0.25) is 0 Å². The fourth-order valence-electron chi connectivity index (χ4n) is 2.66. The first kappa shape index (κ1) is 15.8. The van der Waals surface area contributed by atoms with Gasteiger partial charge in [-0.25, -0.2) is 8.42 Å². The second-order valence-electron chi connectivity index (χ2n) is 5.25. The lowest BCUT2D eigenvalue weighted by atomic mass is 9.97. The second-order valence-corrected chi connectivity index (χ2v) is 7.15. The Kier molecular flexibility index (Phi) is 4.83. The molecular weight excluding hydrogens is 290 g/mol. The highest BCUT2D eigenvalue weighted by Gasteiger charge is 2.31. The molecule has 1 atom stereocenters. The van der Waals surface area contributed by atoms with Crippen LogP contribution in [-0.4, -0.2) is 37.5 Å². The predicted molar refractivity (Wildman–Crippen MR) is 78.8 cm³/mol. The molecule has 0 radical (unpaired) electrons. The standard InChI is InChI=1S/C14H19N3O3S/c15-9-12-3-4-14(13(16)8-12)21(19,20)17-6-1-2-11(10-17)5-7-18/h3-4,8,11,18H,1-2,5-7,10,16H2. The summed E-state index contributed by atoms with van der Waals surface area (Å²) >= 11 is 0. The average molecular weight is 309 g/mol. The first-order valence-electron chi connectivity index (χ1n) is 6.89. The number of hydrogen-bond acceptors (Lipinski definition) is 5. The maximum Gasteiger partial charge on any atom is 0.245 e. The summed E-state index contributed by atoms with van der Waals surface area (Å²) in [6.45, 7) is 0.934. The molecule has 1 aromatic carbocycles. The van der Waals surface area contributed by atoms with Crippen LogP contribution in [0.25, 0.3) is 0 Å². The Morgan fingerprint density at radius 1 is 1.48 bits per heavy atom. The number of aliphatic hydroxyl groups is 1. The van der Waals surface area contributed by atoms with Gasteiger partial charge in [0.25, 0.3) is 0 Å². The van der Waals surface area contributed by atoms with E-state index in [1.165, 1.54) is 22.5 Å². The molecule has 1 unspecified atom stereocenters. The lowest BCUT2D eigenvalue weighted by Crippen LogP contribution is -2.40. The Morgan fingerprint density at radius 2 is 2.24 bits per heavy atom. The van der Waals surface area contributed by atoms with E-state index in [0.29, 0.717) is 25.1 Å². The molecular formula is C14H19N3O3S. The molecule has 6 nitrogen and oxygen atoms in total. The second kappa shape index (κ2) is 6.43. The van der Waals surface area contributed by atoms with Crippen LogP contribution in [0.1, 0.15) is 24.8 Å². The van der Waals surface area contributed by atoms with Crippen molar-refractivity contribution in [3.63, 3.8) is 0 Å². The molecule has 114 valence electrons. The number of anilines is 1. The fourth-order valence-corrected chi connectivity index (χ4v) is 4.31. The largest absolute Gasteiger partial charge is 0.398 e. The van der Waals surface area contributed by atoms with E-state index in [2.05, 4.69) is 0 Å². The topological polar surface area (TPSA) is 107 Å². The highest BCUT2D eigenvalue weighted by molar-refractivity contribution is 7.89. The van der Waals surface area contributed by atoms with Crippen LogP contribution < -0.4 is 5.73 Å². The third-order valence-corrected chi connectivity index (χ3v) is 5.71. The Hall–Kier alpha value is -1.62. The van der Waals surface area contributed by atoms with Crippen molar-refractivity contribution in [2.24, 2.45) is 5.92 Å². The molecule has 0 spiro atoms. The Labute approximate surface area is 124 Å². The van der Waals surface area contributed by atoms with Gasteiger partial charge in [0.15, 0.2) is 0 Å². The van der Waals surface area contributed by atoms with Crippen LogP contribution in [0, 0.1) is 17.2 Å². The first-order chi connectivity index (χ1) is 9.98. The van der Waals surface area contributed by atoms with Gasteiger partial charge < -0.3 is 10.8 Å². The molecule has 21 heavy (non-hydrogen) atoms. The number of sulfonamides is 1. The van der Waals surface area contributed by atoms with E-state index < -0.39 is 10.0 Å². The van der Waals surface area contributed by atoms with Crippen molar-refractivity contribution in [3.05, 3.63) is 23.8 Å². The van der Waals surface area contributed by atoms with Crippen LogP contribution in [0.4, 0.5) is 5.69 Å². The maximum absolute atomic E-state index is 12.7. The predicted octanol–water partition coefficient (Wildman–Crippen LogP) is 0.924. The highest BCUT2D eigenvalue weighted by atomic mass is 32.2. The van der Waals surface area contributed by atoms with E-state index in [1.54, 1.807) is 0 Å². The number of nitriles is 1. The maximum atomic E-state index is 12.7. The van der Waals surface area contributed by atoms with E-state index in [1.807, 2.05) is 6.07 Å². The Bertz CT molecular complexity index is 650. The smallest absolute Gasteiger partial charge is 0.245 e. The zero-order chi connectivity index (χ0) is 15.5. The number of rotatable bonds is 4.